The van der Waals surface area contributed by atoms with Crippen molar-refractivity contribution in [3.05, 3.63) is 33.4 Å². The summed E-state index contributed by atoms with van der Waals surface area (Å²) in [7, 11) is 0. The Morgan fingerprint density at radius 1 is 1.31 bits per heavy atom. The lowest BCUT2D eigenvalue weighted by atomic mass is 10.1. The summed E-state index contributed by atoms with van der Waals surface area (Å²) in [6, 6.07) is 7.22. The van der Waals surface area contributed by atoms with Crippen LogP contribution in [-0.4, -0.2) is 16.9 Å². The Bertz CT molecular complexity index is 346. The second-order valence-corrected chi connectivity index (χ2v) is 3.66. The first-order chi connectivity index (χ1) is 6.11. The average molecular weight is 290 g/mol. The van der Waals surface area contributed by atoms with Gasteiger partial charge in [0, 0.05) is 9.99 Å². The highest BCUT2D eigenvalue weighted by Gasteiger charge is 2.13. The highest BCUT2D eigenvalue weighted by atomic mass is 127. The Morgan fingerprint density at radius 3 is 2.46 bits per heavy atom. The Morgan fingerprint density at radius 2 is 1.92 bits per heavy atom. The first kappa shape index (κ1) is 10.2. The van der Waals surface area contributed by atoms with E-state index in [-0.39, 0.29) is 6.42 Å². The van der Waals surface area contributed by atoms with E-state index in [0.717, 1.165) is 9.13 Å². The van der Waals surface area contributed by atoms with Crippen molar-refractivity contribution >= 4 is 34.3 Å². The molecule has 0 aromatic heterocycles. The summed E-state index contributed by atoms with van der Waals surface area (Å²) in [4.78, 5) is 21.1. The molecule has 0 radical (unpaired) electrons. The second-order valence-electron chi connectivity index (χ2n) is 2.50. The third kappa shape index (κ3) is 2.80. The molecule has 1 aromatic rings. The SMILES string of the molecule is O=C(O)C(=O)Cc1ccccc1I. The van der Waals surface area contributed by atoms with E-state index in [0.29, 0.717) is 0 Å². The fourth-order valence-corrected chi connectivity index (χ4v) is 1.47. The van der Waals surface area contributed by atoms with Crippen molar-refractivity contribution in [2.45, 2.75) is 6.42 Å². The van der Waals surface area contributed by atoms with Crippen molar-refractivity contribution in [3.8, 4) is 0 Å². The first-order valence-corrected chi connectivity index (χ1v) is 4.68. The molecule has 0 heterocycles. The number of carbonyl (C=O) groups excluding carboxylic acids is 1. The standard InChI is InChI=1S/C9H7IO3/c10-7-4-2-1-3-6(7)5-8(11)9(12)13/h1-4H,5H2,(H,12,13). The molecule has 0 fully saturated rings. The molecule has 68 valence electrons. The zero-order valence-corrected chi connectivity index (χ0v) is 8.82. The average Bonchev–Trinajstić information content (AvgIpc) is 2.08. The second kappa shape index (κ2) is 4.36. The highest BCUT2D eigenvalue weighted by molar-refractivity contribution is 14.1. The molecular weight excluding hydrogens is 283 g/mol. The van der Waals surface area contributed by atoms with E-state index in [1.165, 1.54) is 0 Å². The van der Waals surface area contributed by atoms with E-state index >= 15 is 0 Å². The predicted molar refractivity (Wildman–Crippen MR) is 55.5 cm³/mol. The molecule has 1 rings (SSSR count). The van der Waals surface area contributed by atoms with E-state index < -0.39 is 11.8 Å². The van der Waals surface area contributed by atoms with Gasteiger partial charge < -0.3 is 5.11 Å². The maximum absolute atomic E-state index is 10.9. The number of aliphatic carboxylic acids is 1. The number of carboxylic acid groups (broad SMARTS) is 1. The molecule has 3 nitrogen and oxygen atoms in total. The van der Waals surface area contributed by atoms with Crippen LogP contribution in [0.3, 0.4) is 0 Å². The molecule has 0 aliphatic heterocycles. The number of benzene rings is 1. The van der Waals surface area contributed by atoms with Crippen LogP contribution in [0.5, 0.6) is 0 Å². The summed E-state index contributed by atoms with van der Waals surface area (Å²) >= 11 is 2.07. The van der Waals surface area contributed by atoms with Crippen LogP contribution in [0.4, 0.5) is 0 Å². The molecule has 0 bridgehead atoms. The van der Waals surface area contributed by atoms with Crippen molar-refractivity contribution < 1.29 is 14.7 Å². The summed E-state index contributed by atoms with van der Waals surface area (Å²) < 4.78 is 0.912. The topological polar surface area (TPSA) is 54.4 Å². The van der Waals surface area contributed by atoms with Crippen LogP contribution < -0.4 is 0 Å². The van der Waals surface area contributed by atoms with E-state index in [2.05, 4.69) is 22.6 Å². The molecule has 1 aromatic carbocycles. The molecule has 4 heteroatoms. The number of hydrogen-bond donors (Lipinski definition) is 1. The minimum Gasteiger partial charge on any atom is -0.475 e. The summed E-state index contributed by atoms with van der Waals surface area (Å²) in [5, 5.41) is 8.38. The largest absolute Gasteiger partial charge is 0.475 e. The fraction of sp³-hybridized carbons (Fsp3) is 0.111. The van der Waals surface area contributed by atoms with Gasteiger partial charge in [0.15, 0.2) is 0 Å². The predicted octanol–water partition coefficient (Wildman–Crippen LogP) is 1.49. The monoisotopic (exact) mass is 290 g/mol. The minimum atomic E-state index is -1.38. The van der Waals surface area contributed by atoms with Gasteiger partial charge in [-0.25, -0.2) is 4.79 Å². The van der Waals surface area contributed by atoms with Gasteiger partial charge in [0.1, 0.15) is 0 Å². The first-order valence-electron chi connectivity index (χ1n) is 3.61. The van der Waals surface area contributed by atoms with Crippen molar-refractivity contribution in [1.29, 1.82) is 0 Å². The van der Waals surface area contributed by atoms with Crippen molar-refractivity contribution in [3.63, 3.8) is 0 Å². The number of ketones is 1. The van der Waals surface area contributed by atoms with E-state index in [1.54, 1.807) is 12.1 Å². The quantitative estimate of drug-likeness (QED) is 0.678. The lowest BCUT2D eigenvalue weighted by molar-refractivity contribution is -0.148. The van der Waals surface area contributed by atoms with Gasteiger partial charge in [-0.3, -0.25) is 4.79 Å². The molecule has 0 amide bonds. The van der Waals surface area contributed by atoms with Gasteiger partial charge in [-0.15, -0.1) is 0 Å². The molecule has 0 saturated heterocycles. The molecule has 0 aliphatic rings. The van der Waals surface area contributed by atoms with Gasteiger partial charge >= 0.3 is 5.97 Å². The number of Topliss-reactive ketones (excluding diaryl/α,β-unsaturated/α-hetero) is 1. The van der Waals surface area contributed by atoms with E-state index in [9.17, 15) is 9.59 Å². The summed E-state index contributed by atoms with van der Waals surface area (Å²) in [5.41, 5.74) is 0.760. The molecule has 1 N–H and O–H groups in total. The van der Waals surface area contributed by atoms with Gasteiger partial charge in [-0.05, 0) is 34.2 Å². The Labute approximate surface area is 88.9 Å². The Hall–Kier alpha value is -0.910. The van der Waals surface area contributed by atoms with Gasteiger partial charge in [-0.2, -0.15) is 0 Å². The molecule has 0 spiro atoms. The summed E-state index contributed by atoms with van der Waals surface area (Å²) in [5.74, 6) is -2.15. The van der Waals surface area contributed by atoms with Crippen LogP contribution in [0.2, 0.25) is 0 Å². The number of hydrogen-bond acceptors (Lipinski definition) is 2. The number of carboxylic acids is 1. The molecule has 0 saturated carbocycles. The van der Waals surface area contributed by atoms with Crippen LogP contribution in [0.1, 0.15) is 5.56 Å². The fourth-order valence-electron chi connectivity index (χ4n) is 0.890. The lowest BCUT2D eigenvalue weighted by Crippen LogP contribution is -2.15. The van der Waals surface area contributed by atoms with Crippen LogP contribution in [0.15, 0.2) is 24.3 Å². The normalized spacial score (nSPS) is 9.62. The van der Waals surface area contributed by atoms with Gasteiger partial charge in [0.25, 0.3) is 0 Å². The van der Waals surface area contributed by atoms with Crippen molar-refractivity contribution in [2.24, 2.45) is 0 Å². The number of rotatable bonds is 3. The molecule has 0 unspecified atom stereocenters. The molecular formula is C9H7IO3. The molecule has 0 aliphatic carbocycles. The van der Waals surface area contributed by atoms with E-state index in [1.807, 2.05) is 12.1 Å². The van der Waals surface area contributed by atoms with Crippen molar-refractivity contribution in [2.75, 3.05) is 0 Å². The zero-order valence-electron chi connectivity index (χ0n) is 6.66. The van der Waals surface area contributed by atoms with Crippen LogP contribution in [0.25, 0.3) is 0 Å². The third-order valence-corrected chi connectivity index (χ3v) is 2.60. The molecule has 0 atom stereocenters. The van der Waals surface area contributed by atoms with Crippen LogP contribution in [0, 0.1) is 3.57 Å². The van der Waals surface area contributed by atoms with Crippen molar-refractivity contribution in [1.82, 2.24) is 0 Å². The molecule has 13 heavy (non-hydrogen) atoms. The summed E-state index contributed by atoms with van der Waals surface area (Å²) in [6.07, 6.45) is -0.0333. The minimum absolute atomic E-state index is 0.0333. The van der Waals surface area contributed by atoms with E-state index in [4.69, 9.17) is 5.11 Å². The van der Waals surface area contributed by atoms with Crippen LogP contribution in [-0.2, 0) is 16.0 Å². The smallest absolute Gasteiger partial charge is 0.372 e. The number of halogens is 1. The Kier molecular flexibility index (Phi) is 3.41. The maximum atomic E-state index is 10.9. The zero-order chi connectivity index (χ0) is 9.84. The third-order valence-electron chi connectivity index (χ3n) is 1.55. The van der Waals surface area contributed by atoms with Gasteiger partial charge in [0.05, 0.1) is 0 Å². The lowest BCUT2D eigenvalue weighted by Gasteiger charge is -1.99. The maximum Gasteiger partial charge on any atom is 0.372 e. The Balaban J connectivity index is 2.81. The number of carbonyl (C=O) groups is 2. The summed E-state index contributed by atoms with van der Waals surface area (Å²) in [6.45, 7) is 0. The highest BCUT2D eigenvalue weighted by Crippen LogP contribution is 2.12. The van der Waals surface area contributed by atoms with Gasteiger partial charge in [0.2, 0.25) is 5.78 Å². The van der Waals surface area contributed by atoms with Crippen LogP contribution >= 0.6 is 22.6 Å². The van der Waals surface area contributed by atoms with Gasteiger partial charge in [-0.1, -0.05) is 18.2 Å².